The first-order valence-corrected chi connectivity index (χ1v) is 11.3. The molecular weight excluding hydrogens is 390 g/mol. The van der Waals surface area contributed by atoms with Gasteiger partial charge in [-0.2, -0.15) is 0 Å². The number of thiocarbonyl (C=S) groups is 1. The minimum Gasteiger partial charge on any atom is -0.362 e. The fourth-order valence-corrected chi connectivity index (χ4v) is 3.93. The Morgan fingerprint density at radius 3 is 2.40 bits per heavy atom. The van der Waals surface area contributed by atoms with Crippen LogP contribution in [0.3, 0.4) is 0 Å². The van der Waals surface area contributed by atoms with E-state index in [0.29, 0.717) is 16.2 Å². The van der Waals surface area contributed by atoms with Gasteiger partial charge in [0.1, 0.15) is 0 Å². The van der Waals surface area contributed by atoms with Gasteiger partial charge >= 0.3 is 0 Å². The Morgan fingerprint density at radius 2 is 1.73 bits per heavy atom. The maximum atomic E-state index is 12.9. The summed E-state index contributed by atoms with van der Waals surface area (Å²) < 4.78 is 0. The second-order valence-electron chi connectivity index (χ2n) is 9.02. The normalized spacial score (nSPS) is 14.5. The number of hydrogen-bond donors (Lipinski definition) is 2. The van der Waals surface area contributed by atoms with Crippen molar-refractivity contribution in [3.8, 4) is 0 Å². The number of anilines is 1. The zero-order chi connectivity index (χ0) is 21.6. The fourth-order valence-electron chi connectivity index (χ4n) is 3.71. The molecule has 1 heterocycles. The van der Waals surface area contributed by atoms with Crippen LogP contribution in [0.25, 0.3) is 0 Å². The highest BCUT2D eigenvalue weighted by atomic mass is 32.1. The molecule has 0 unspecified atom stereocenters. The highest BCUT2D eigenvalue weighted by Gasteiger charge is 2.15. The first-order valence-electron chi connectivity index (χ1n) is 10.9. The van der Waals surface area contributed by atoms with Gasteiger partial charge in [-0.25, -0.2) is 0 Å². The molecule has 1 saturated heterocycles. The molecule has 0 radical (unpaired) electrons. The van der Waals surface area contributed by atoms with Crippen molar-refractivity contribution >= 4 is 28.8 Å². The molecule has 160 valence electrons. The van der Waals surface area contributed by atoms with Crippen molar-refractivity contribution in [2.75, 3.05) is 31.5 Å². The van der Waals surface area contributed by atoms with Crippen molar-refractivity contribution in [3.05, 3.63) is 65.2 Å². The monoisotopic (exact) mass is 423 g/mol. The van der Waals surface area contributed by atoms with Crippen molar-refractivity contribution < 1.29 is 4.79 Å². The maximum absolute atomic E-state index is 12.9. The zero-order valence-electron chi connectivity index (χ0n) is 18.3. The summed E-state index contributed by atoms with van der Waals surface area (Å²) in [5, 5.41) is 7.06. The molecule has 1 aliphatic heterocycles. The van der Waals surface area contributed by atoms with Crippen LogP contribution in [0.1, 0.15) is 61.5 Å². The molecule has 0 saturated carbocycles. The number of likely N-dealkylation sites (tertiary alicyclic amines) is 1. The summed E-state index contributed by atoms with van der Waals surface area (Å²) in [5.41, 5.74) is 3.46. The lowest BCUT2D eigenvalue weighted by Gasteiger charge is -2.19. The quantitative estimate of drug-likeness (QED) is 0.373. The van der Waals surface area contributed by atoms with Gasteiger partial charge in [0.2, 0.25) is 0 Å². The van der Waals surface area contributed by atoms with E-state index in [4.69, 9.17) is 12.2 Å². The van der Waals surface area contributed by atoms with Crippen LogP contribution in [-0.2, 0) is 5.41 Å². The van der Waals surface area contributed by atoms with E-state index >= 15 is 0 Å². The number of nitrogens with zero attached hydrogens (tertiary/aromatic N) is 1. The predicted molar refractivity (Wildman–Crippen MR) is 130 cm³/mol. The molecule has 2 aromatic rings. The molecule has 2 aromatic carbocycles. The van der Waals surface area contributed by atoms with E-state index in [-0.39, 0.29) is 11.2 Å². The first-order chi connectivity index (χ1) is 14.3. The molecule has 4 nitrogen and oxygen atoms in total. The summed E-state index contributed by atoms with van der Waals surface area (Å²) in [5.74, 6) is 0.0172. The topological polar surface area (TPSA) is 44.4 Å². The third-order valence-corrected chi connectivity index (χ3v) is 5.78. The minimum absolute atomic E-state index is 0.0172. The summed E-state index contributed by atoms with van der Waals surface area (Å²) in [6.45, 7) is 10.9. The minimum atomic E-state index is 0.0172. The highest BCUT2D eigenvalue weighted by molar-refractivity contribution is 7.80. The van der Waals surface area contributed by atoms with E-state index in [0.717, 1.165) is 25.2 Å². The number of rotatable bonds is 7. The average Bonchev–Trinajstić information content (AvgIpc) is 3.24. The smallest absolute Gasteiger partial charge is 0.193 e. The third kappa shape index (κ3) is 6.38. The predicted octanol–water partition coefficient (Wildman–Crippen LogP) is 4.99. The molecule has 0 aromatic heterocycles. The standard InChI is InChI=1S/C25H33N3OS/c1-25(2,3)21-12-10-19(11-13-21)23(29)20-8-6-9-22(18-20)27-24(30)26-14-7-17-28-15-4-5-16-28/h6,8-13,18H,4-5,7,14-17H2,1-3H3,(H2,26,27,30). The van der Waals surface area contributed by atoms with Crippen molar-refractivity contribution in [2.45, 2.75) is 45.4 Å². The number of benzene rings is 2. The summed E-state index contributed by atoms with van der Waals surface area (Å²) in [4.78, 5) is 15.4. The Bertz CT molecular complexity index is 865. The van der Waals surface area contributed by atoms with Crippen LogP contribution in [0.5, 0.6) is 0 Å². The lowest BCUT2D eigenvalue weighted by molar-refractivity contribution is 0.103. The number of ketones is 1. The molecule has 0 amide bonds. The van der Waals surface area contributed by atoms with Crippen LogP contribution in [0, 0.1) is 0 Å². The molecule has 0 bridgehead atoms. The second-order valence-corrected chi connectivity index (χ2v) is 9.43. The average molecular weight is 424 g/mol. The molecule has 2 N–H and O–H groups in total. The SMILES string of the molecule is CC(C)(C)c1ccc(C(=O)c2cccc(NC(=S)NCCCN3CCCC3)c2)cc1. The maximum Gasteiger partial charge on any atom is 0.193 e. The summed E-state index contributed by atoms with van der Waals surface area (Å²) in [6, 6.07) is 15.4. The Kier molecular flexibility index (Phi) is 7.62. The van der Waals surface area contributed by atoms with Crippen molar-refractivity contribution in [1.29, 1.82) is 0 Å². The van der Waals surface area contributed by atoms with Gasteiger partial charge in [-0.1, -0.05) is 57.2 Å². The lowest BCUT2D eigenvalue weighted by atomic mass is 9.86. The number of carbonyl (C=O) groups is 1. The summed E-state index contributed by atoms with van der Waals surface area (Å²) in [6.07, 6.45) is 3.72. The molecule has 5 heteroatoms. The van der Waals surface area contributed by atoms with Crippen molar-refractivity contribution in [3.63, 3.8) is 0 Å². The summed E-state index contributed by atoms with van der Waals surface area (Å²) >= 11 is 5.41. The molecule has 1 fully saturated rings. The van der Waals surface area contributed by atoms with Crippen molar-refractivity contribution in [2.24, 2.45) is 0 Å². The molecule has 1 aliphatic rings. The molecule has 0 spiro atoms. The van der Waals surface area contributed by atoms with Crippen LogP contribution in [0.15, 0.2) is 48.5 Å². The number of nitrogens with one attached hydrogen (secondary N) is 2. The van der Waals surface area contributed by atoms with E-state index in [1.54, 1.807) is 0 Å². The summed E-state index contributed by atoms with van der Waals surface area (Å²) in [7, 11) is 0. The lowest BCUT2D eigenvalue weighted by Crippen LogP contribution is -2.31. The van der Waals surface area contributed by atoms with E-state index in [1.165, 1.54) is 31.5 Å². The molecule has 3 rings (SSSR count). The zero-order valence-corrected chi connectivity index (χ0v) is 19.1. The van der Waals surface area contributed by atoms with Gasteiger partial charge in [-0.3, -0.25) is 4.79 Å². The molecule has 0 aliphatic carbocycles. The van der Waals surface area contributed by atoms with Crippen molar-refractivity contribution in [1.82, 2.24) is 10.2 Å². The van der Waals surface area contributed by atoms with Crippen LogP contribution in [-0.4, -0.2) is 42.0 Å². The van der Waals surface area contributed by atoms with E-state index in [9.17, 15) is 4.79 Å². The van der Waals surface area contributed by atoms with Gasteiger partial charge in [-0.15, -0.1) is 0 Å². The van der Waals surface area contributed by atoms with E-state index in [1.807, 2.05) is 48.5 Å². The van der Waals surface area contributed by atoms with E-state index in [2.05, 4.69) is 36.3 Å². The van der Waals surface area contributed by atoms with E-state index < -0.39 is 0 Å². The third-order valence-electron chi connectivity index (χ3n) is 5.53. The Hall–Kier alpha value is -2.24. The van der Waals surface area contributed by atoms with Crippen LogP contribution in [0.4, 0.5) is 5.69 Å². The van der Waals surface area contributed by atoms with Crippen LogP contribution in [0.2, 0.25) is 0 Å². The molecule has 30 heavy (non-hydrogen) atoms. The van der Waals surface area contributed by atoms with Crippen LogP contribution >= 0.6 is 12.2 Å². The number of carbonyl (C=O) groups excluding carboxylic acids is 1. The second kappa shape index (κ2) is 10.2. The highest BCUT2D eigenvalue weighted by Crippen LogP contribution is 2.23. The number of hydrogen-bond acceptors (Lipinski definition) is 3. The van der Waals surface area contributed by atoms with Gasteiger partial charge in [0.05, 0.1) is 0 Å². The van der Waals surface area contributed by atoms with Gasteiger partial charge in [0.25, 0.3) is 0 Å². The van der Waals surface area contributed by atoms with Crippen LogP contribution < -0.4 is 10.6 Å². The van der Waals surface area contributed by atoms with Gasteiger partial charge in [0, 0.05) is 23.4 Å². The largest absolute Gasteiger partial charge is 0.362 e. The Labute approximate surface area is 186 Å². The fraction of sp³-hybridized carbons (Fsp3) is 0.440. The Morgan fingerprint density at radius 1 is 1.03 bits per heavy atom. The van der Waals surface area contributed by atoms with Gasteiger partial charge in [-0.05, 0) is 74.2 Å². The van der Waals surface area contributed by atoms with Gasteiger partial charge < -0.3 is 15.5 Å². The van der Waals surface area contributed by atoms with Gasteiger partial charge in [0.15, 0.2) is 10.9 Å². The first kappa shape index (κ1) is 22.4. The molecular formula is C25H33N3OS. The molecule has 0 atom stereocenters. The Balaban J connectivity index is 1.53.